The molecule has 0 aliphatic carbocycles. The Morgan fingerprint density at radius 1 is 1.67 bits per heavy atom. The number of cyclic esters (lactones) is 1. The lowest BCUT2D eigenvalue weighted by Gasteiger charge is -2.27. The Bertz CT molecular complexity index is 161. The molecule has 1 aliphatic heterocycles. The standard InChI is InChI=1S/C7H13NO4/c9-5-6(10)4-8-2-1-3-12-7(8)11/h6,9-10H,1-5H2. The van der Waals surface area contributed by atoms with Crippen molar-refractivity contribution in [1.29, 1.82) is 0 Å². The number of β-amino-alcohol motifs (C(OH)–C–C–N with tert-alkyl or cyclic N) is 1. The van der Waals surface area contributed by atoms with E-state index in [1.807, 2.05) is 0 Å². The summed E-state index contributed by atoms with van der Waals surface area (Å²) < 4.78 is 4.73. The summed E-state index contributed by atoms with van der Waals surface area (Å²) in [6.45, 7) is 0.861. The fourth-order valence-corrected chi connectivity index (χ4v) is 1.08. The number of hydrogen-bond donors (Lipinski definition) is 2. The number of hydrogen-bond acceptors (Lipinski definition) is 4. The van der Waals surface area contributed by atoms with Gasteiger partial charge in [0.1, 0.15) is 0 Å². The van der Waals surface area contributed by atoms with Crippen LogP contribution in [0.2, 0.25) is 0 Å². The fraction of sp³-hybridized carbons (Fsp3) is 0.857. The van der Waals surface area contributed by atoms with Crippen molar-refractivity contribution in [3.8, 4) is 0 Å². The van der Waals surface area contributed by atoms with Gasteiger partial charge >= 0.3 is 6.09 Å². The molecule has 1 aliphatic rings. The van der Waals surface area contributed by atoms with Crippen LogP contribution in [0.4, 0.5) is 4.79 Å². The molecule has 0 radical (unpaired) electrons. The molecule has 1 unspecified atom stereocenters. The molecule has 0 saturated carbocycles. The summed E-state index contributed by atoms with van der Waals surface area (Å²) in [4.78, 5) is 12.3. The summed E-state index contributed by atoms with van der Waals surface area (Å²) in [6.07, 6.45) is -0.492. The smallest absolute Gasteiger partial charge is 0.409 e. The van der Waals surface area contributed by atoms with E-state index in [0.29, 0.717) is 13.2 Å². The van der Waals surface area contributed by atoms with Gasteiger partial charge in [-0.15, -0.1) is 0 Å². The van der Waals surface area contributed by atoms with Crippen LogP contribution in [-0.2, 0) is 4.74 Å². The Hall–Kier alpha value is -0.810. The molecule has 1 amide bonds. The summed E-state index contributed by atoms with van der Waals surface area (Å²) in [6, 6.07) is 0. The van der Waals surface area contributed by atoms with E-state index in [-0.39, 0.29) is 13.2 Å². The van der Waals surface area contributed by atoms with E-state index >= 15 is 0 Å². The van der Waals surface area contributed by atoms with Crippen LogP contribution in [0, 0.1) is 0 Å². The molecule has 2 N–H and O–H groups in total. The largest absolute Gasteiger partial charge is 0.449 e. The van der Waals surface area contributed by atoms with E-state index in [9.17, 15) is 4.79 Å². The van der Waals surface area contributed by atoms with Crippen LogP contribution in [-0.4, -0.2) is 53.6 Å². The Labute approximate surface area is 70.5 Å². The van der Waals surface area contributed by atoms with Gasteiger partial charge < -0.3 is 19.8 Å². The Morgan fingerprint density at radius 3 is 3.00 bits per heavy atom. The lowest BCUT2D eigenvalue weighted by atomic mass is 10.3. The highest BCUT2D eigenvalue weighted by Crippen LogP contribution is 2.04. The van der Waals surface area contributed by atoms with E-state index in [0.717, 1.165) is 6.42 Å². The van der Waals surface area contributed by atoms with Crippen LogP contribution >= 0.6 is 0 Å². The molecule has 0 spiro atoms. The minimum atomic E-state index is -0.865. The van der Waals surface area contributed by atoms with Crippen molar-refractivity contribution in [2.75, 3.05) is 26.3 Å². The maximum absolute atomic E-state index is 11.0. The fourth-order valence-electron chi connectivity index (χ4n) is 1.08. The number of aliphatic hydroxyl groups excluding tert-OH is 2. The van der Waals surface area contributed by atoms with Crippen LogP contribution in [0.25, 0.3) is 0 Å². The minimum absolute atomic E-state index is 0.148. The summed E-state index contributed by atoms with van der Waals surface area (Å²) in [5.41, 5.74) is 0. The molecule has 0 bridgehead atoms. The van der Waals surface area contributed by atoms with E-state index in [4.69, 9.17) is 14.9 Å². The van der Waals surface area contributed by atoms with Crippen molar-refractivity contribution < 1.29 is 19.7 Å². The quantitative estimate of drug-likeness (QED) is 0.588. The molecule has 0 aromatic carbocycles. The topological polar surface area (TPSA) is 70.0 Å². The monoisotopic (exact) mass is 175 g/mol. The van der Waals surface area contributed by atoms with Crippen molar-refractivity contribution >= 4 is 6.09 Å². The van der Waals surface area contributed by atoms with E-state index < -0.39 is 12.2 Å². The first-order valence-corrected chi connectivity index (χ1v) is 3.94. The number of amides is 1. The summed E-state index contributed by atoms with van der Waals surface area (Å²) in [5.74, 6) is 0. The van der Waals surface area contributed by atoms with Crippen molar-refractivity contribution in [2.24, 2.45) is 0 Å². The lowest BCUT2D eigenvalue weighted by molar-refractivity contribution is 0.0295. The van der Waals surface area contributed by atoms with Gasteiger partial charge in [-0.2, -0.15) is 0 Å². The Morgan fingerprint density at radius 2 is 2.42 bits per heavy atom. The molecule has 1 heterocycles. The molecule has 1 fully saturated rings. The number of aliphatic hydroxyl groups is 2. The summed E-state index contributed by atoms with van der Waals surface area (Å²) in [7, 11) is 0. The van der Waals surface area contributed by atoms with Gasteiger partial charge in [-0.3, -0.25) is 0 Å². The third-order valence-corrected chi connectivity index (χ3v) is 1.70. The van der Waals surface area contributed by atoms with Crippen molar-refractivity contribution in [1.82, 2.24) is 4.90 Å². The molecule has 1 saturated heterocycles. The van der Waals surface area contributed by atoms with Gasteiger partial charge in [0.05, 0.1) is 25.9 Å². The number of carbonyl (C=O) groups is 1. The van der Waals surface area contributed by atoms with Crippen LogP contribution in [0.15, 0.2) is 0 Å². The van der Waals surface area contributed by atoms with Crippen LogP contribution in [0.1, 0.15) is 6.42 Å². The third-order valence-electron chi connectivity index (χ3n) is 1.70. The molecule has 0 aromatic heterocycles. The number of rotatable bonds is 3. The molecule has 5 heteroatoms. The van der Waals surface area contributed by atoms with Crippen molar-refractivity contribution in [2.45, 2.75) is 12.5 Å². The second-order valence-corrected chi connectivity index (χ2v) is 2.75. The lowest BCUT2D eigenvalue weighted by Crippen LogP contribution is -2.43. The molecule has 1 rings (SSSR count). The van der Waals surface area contributed by atoms with Gasteiger partial charge in [-0.1, -0.05) is 0 Å². The SMILES string of the molecule is O=C1OCCCN1CC(O)CO. The Kier molecular flexibility index (Phi) is 3.31. The first-order valence-electron chi connectivity index (χ1n) is 3.94. The highest BCUT2D eigenvalue weighted by molar-refractivity contribution is 5.68. The van der Waals surface area contributed by atoms with E-state index in [2.05, 4.69) is 0 Å². The van der Waals surface area contributed by atoms with Crippen LogP contribution in [0.3, 0.4) is 0 Å². The van der Waals surface area contributed by atoms with Crippen molar-refractivity contribution in [3.63, 3.8) is 0 Å². The predicted molar refractivity (Wildman–Crippen MR) is 40.6 cm³/mol. The van der Waals surface area contributed by atoms with Gasteiger partial charge in [-0.25, -0.2) is 4.79 Å². The average molecular weight is 175 g/mol. The first-order chi connectivity index (χ1) is 5.74. The average Bonchev–Trinajstić information content (AvgIpc) is 2.09. The van der Waals surface area contributed by atoms with E-state index in [1.165, 1.54) is 4.90 Å². The van der Waals surface area contributed by atoms with Gasteiger partial charge in [-0.05, 0) is 6.42 Å². The van der Waals surface area contributed by atoms with Gasteiger partial charge in [0, 0.05) is 6.54 Å². The molecule has 5 nitrogen and oxygen atoms in total. The molecular formula is C7H13NO4. The second kappa shape index (κ2) is 4.27. The number of nitrogens with zero attached hydrogens (tertiary/aromatic N) is 1. The molecule has 0 aromatic rings. The second-order valence-electron chi connectivity index (χ2n) is 2.75. The van der Waals surface area contributed by atoms with Gasteiger partial charge in [0.25, 0.3) is 0 Å². The molecular weight excluding hydrogens is 162 g/mol. The zero-order valence-electron chi connectivity index (χ0n) is 6.77. The maximum Gasteiger partial charge on any atom is 0.409 e. The zero-order chi connectivity index (χ0) is 8.97. The first kappa shape index (κ1) is 9.28. The summed E-state index contributed by atoms with van der Waals surface area (Å²) >= 11 is 0. The van der Waals surface area contributed by atoms with Gasteiger partial charge in [0.15, 0.2) is 0 Å². The molecule has 12 heavy (non-hydrogen) atoms. The van der Waals surface area contributed by atoms with Gasteiger partial charge in [0.2, 0.25) is 0 Å². The highest BCUT2D eigenvalue weighted by atomic mass is 16.6. The maximum atomic E-state index is 11.0. The Balaban J connectivity index is 2.34. The van der Waals surface area contributed by atoms with E-state index in [1.54, 1.807) is 0 Å². The zero-order valence-corrected chi connectivity index (χ0v) is 6.77. The molecule has 1 atom stereocenters. The predicted octanol–water partition coefficient (Wildman–Crippen LogP) is -0.818. The summed E-state index contributed by atoms with van der Waals surface area (Å²) in [5, 5.41) is 17.6. The number of ether oxygens (including phenoxy) is 1. The highest BCUT2D eigenvalue weighted by Gasteiger charge is 2.21. The molecule has 70 valence electrons. The third kappa shape index (κ3) is 2.35. The van der Waals surface area contributed by atoms with Crippen LogP contribution < -0.4 is 0 Å². The normalized spacial score (nSPS) is 20.5. The minimum Gasteiger partial charge on any atom is -0.449 e. The van der Waals surface area contributed by atoms with Crippen molar-refractivity contribution in [3.05, 3.63) is 0 Å². The van der Waals surface area contributed by atoms with Crippen LogP contribution in [0.5, 0.6) is 0 Å². The number of carbonyl (C=O) groups excluding carboxylic acids is 1.